The molecule has 0 spiro atoms. The number of allylic oxidation sites excluding steroid dienone is 1. The van der Waals surface area contributed by atoms with Crippen LogP contribution in [0.2, 0.25) is 5.02 Å². The number of halogens is 1. The van der Waals surface area contributed by atoms with Crippen LogP contribution in [0.25, 0.3) is 0 Å². The molecule has 3 aliphatic rings. The van der Waals surface area contributed by atoms with E-state index in [4.69, 9.17) is 26.1 Å². The second-order valence-corrected chi connectivity index (χ2v) is 11.2. The number of benzene rings is 1. The monoisotopic (exact) mass is 532 g/mol. The predicted molar refractivity (Wildman–Crippen MR) is 143 cm³/mol. The van der Waals surface area contributed by atoms with Gasteiger partial charge in [0.15, 0.2) is 5.17 Å². The fourth-order valence-electron chi connectivity index (χ4n) is 4.33. The summed E-state index contributed by atoms with van der Waals surface area (Å²) in [5, 5.41) is 6.31. The van der Waals surface area contributed by atoms with Gasteiger partial charge in [-0.3, -0.25) is 9.69 Å². The van der Waals surface area contributed by atoms with E-state index in [1.807, 2.05) is 50.1 Å². The average molecular weight is 533 g/mol. The van der Waals surface area contributed by atoms with Crippen LogP contribution in [0.3, 0.4) is 0 Å². The van der Waals surface area contributed by atoms with Crippen LogP contribution in [0.5, 0.6) is 0 Å². The van der Waals surface area contributed by atoms with E-state index < -0.39 is 17.6 Å². The van der Waals surface area contributed by atoms with Crippen LogP contribution in [-0.2, 0) is 19.1 Å². The van der Waals surface area contributed by atoms with Gasteiger partial charge in [-0.1, -0.05) is 35.5 Å². The summed E-state index contributed by atoms with van der Waals surface area (Å²) in [6.07, 6.45) is 0.180. The molecule has 4 rings (SSSR count). The van der Waals surface area contributed by atoms with Gasteiger partial charge in [-0.25, -0.2) is 9.79 Å². The van der Waals surface area contributed by atoms with E-state index in [1.165, 1.54) is 11.8 Å². The maximum absolute atomic E-state index is 13.4. The third-order valence-corrected chi connectivity index (χ3v) is 7.14. The normalized spacial score (nSPS) is 20.6. The number of fused-ring (bicyclic) bond motifs is 1. The van der Waals surface area contributed by atoms with E-state index in [0.717, 1.165) is 49.3 Å². The van der Waals surface area contributed by atoms with E-state index >= 15 is 0 Å². The van der Waals surface area contributed by atoms with E-state index in [-0.39, 0.29) is 12.3 Å². The first kappa shape index (κ1) is 26.7. The molecule has 1 saturated heterocycles. The van der Waals surface area contributed by atoms with E-state index in [2.05, 4.69) is 10.2 Å². The predicted octanol–water partition coefficient (Wildman–Crippen LogP) is 4.10. The molecule has 36 heavy (non-hydrogen) atoms. The van der Waals surface area contributed by atoms with Crippen molar-refractivity contribution in [3.8, 4) is 0 Å². The van der Waals surface area contributed by atoms with Gasteiger partial charge in [0, 0.05) is 36.9 Å². The smallest absolute Gasteiger partial charge is 0.338 e. The molecule has 0 bridgehead atoms. The van der Waals surface area contributed by atoms with Crippen LogP contribution in [0, 0.1) is 0 Å². The topological polar surface area (TPSA) is 83.5 Å². The molecular formula is C26H33ClN4O4S. The molecular weight excluding hydrogens is 500 g/mol. The number of carbonyl (C=O) groups is 2. The molecule has 194 valence electrons. The van der Waals surface area contributed by atoms with Gasteiger partial charge in [-0.2, -0.15) is 0 Å². The highest BCUT2D eigenvalue weighted by Gasteiger charge is 2.41. The first-order chi connectivity index (χ1) is 17.1. The molecule has 10 heteroatoms. The first-order valence-corrected chi connectivity index (χ1v) is 13.4. The molecule has 0 aliphatic carbocycles. The molecule has 1 fully saturated rings. The highest BCUT2D eigenvalue weighted by atomic mass is 35.5. The van der Waals surface area contributed by atoms with Gasteiger partial charge in [0.2, 0.25) is 5.91 Å². The van der Waals surface area contributed by atoms with Gasteiger partial charge in [-0.15, -0.1) is 0 Å². The highest BCUT2D eigenvalue weighted by Crippen LogP contribution is 2.45. The molecule has 1 aromatic carbocycles. The third-order valence-electron chi connectivity index (χ3n) is 6.00. The summed E-state index contributed by atoms with van der Waals surface area (Å²) in [6.45, 7) is 11.9. The number of nitrogens with zero attached hydrogens (tertiary/aromatic N) is 3. The van der Waals surface area contributed by atoms with Crippen molar-refractivity contribution in [3.05, 3.63) is 57.2 Å². The average Bonchev–Trinajstić information content (AvgIpc) is 3.20. The summed E-state index contributed by atoms with van der Waals surface area (Å²) >= 11 is 7.61. The Hall–Kier alpha value is -2.33. The molecule has 3 heterocycles. The molecule has 1 aromatic rings. The summed E-state index contributed by atoms with van der Waals surface area (Å²) in [6, 6.07) is 6.92. The maximum Gasteiger partial charge on any atom is 0.338 e. The van der Waals surface area contributed by atoms with Crippen molar-refractivity contribution in [2.75, 3.05) is 39.4 Å². The molecule has 8 nitrogen and oxygen atoms in total. The Balaban J connectivity index is 1.54. The molecule has 1 atom stereocenters. The van der Waals surface area contributed by atoms with Crippen LogP contribution < -0.4 is 5.32 Å². The fourth-order valence-corrected chi connectivity index (χ4v) is 5.42. The van der Waals surface area contributed by atoms with Gasteiger partial charge < -0.3 is 19.7 Å². The van der Waals surface area contributed by atoms with Crippen LogP contribution in [-0.4, -0.2) is 71.8 Å². The zero-order valence-corrected chi connectivity index (χ0v) is 22.7. The van der Waals surface area contributed by atoms with Crippen molar-refractivity contribution in [1.29, 1.82) is 0 Å². The molecule has 0 unspecified atom stereocenters. The van der Waals surface area contributed by atoms with Gasteiger partial charge in [-0.05, 0) is 50.8 Å². The Labute approximate surface area is 221 Å². The number of carbonyl (C=O) groups excluding carboxylic acids is 2. The number of ether oxygens (including phenoxy) is 2. The minimum atomic E-state index is -0.655. The third kappa shape index (κ3) is 6.51. The SMILES string of the molecule is CC1=C(C(=O)OC(C)(C)C)[C@H](c2ccc(Cl)cc2)N2C(CC(=O)NCCN3CCOCC3)=CSC2=N1. The largest absolute Gasteiger partial charge is 0.456 e. The molecule has 3 aliphatic heterocycles. The van der Waals surface area contributed by atoms with Crippen LogP contribution in [0.1, 0.15) is 45.7 Å². The Bertz CT molecular complexity index is 1090. The number of hydrogen-bond donors (Lipinski definition) is 1. The lowest BCUT2D eigenvalue weighted by Gasteiger charge is -2.37. The molecule has 0 radical (unpaired) electrons. The minimum absolute atomic E-state index is 0.0729. The van der Waals surface area contributed by atoms with E-state index in [1.54, 1.807) is 12.1 Å². The van der Waals surface area contributed by atoms with Crippen molar-refractivity contribution < 1.29 is 19.1 Å². The second-order valence-electron chi connectivity index (χ2n) is 9.93. The van der Waals surface area contributed by atoms with Crippen molar-refractivity contribution in [3.63, 3.8) is 0 Å². The van der Waals surface area contributed by atoms with Crippen molar-refractivity contribution in [2.24, 2.45) is 4.99 Å². The second kappa shape index (κ2) is 11.4. The van der Waals surface area contributed by atoms with Crippen molar-refractivity contribution in [2.45, 2.75) is 45.8 Å². The van der Waals surface area contributed by atoms with E-state index in [9.17, 15) is 9.59 Å². The molecule has 1 amide bonds. The van der Waals surface area contributed by atoms with Crippen LogP contribution in [0.4, 0.5) is 0 Å². The summed E-state index contributed by atoms with van der Waals surface area (Å²) in [7, 11) is 0. The number of hydrogen-bond acceptors (Lipinski definition) is 8. The Kier molecular flexibility index (Phi) is 8.44. The lowest BCUT2D eigenvalue weighted by atomic mass is 9.93. The number of esters is 1. The maximum atomic E-state index is 13.4. The van der Waals surface area contributed by atoms with Gasteiger partial charge in [0.25, 0.3) is 0 Å². The summed E-state index contributed by atoms with van der Waals surface area (Å²) < 4.78 is 11.1. The summed E-state index contributed by atoms with van der Waals surface area (Å²) in [4.78, 5) is 35.2. The van der Waals surface area contributed by atoms with Gasteiger partial charge in [0.1, 0.15) is 5.60 Å². The Morgan fingerprint density at radius 3 is 2.58 bits per heavy atom. The highest BCUT2D eigenvalue weighted by molar-refractivity contribution is 8.16. The number of amidine groups is 1. The summed E-state index contributed by atoms with van der Waals surface area (Å²) in [5.74, 6) is -0.495. The number of morpholine rings is 1. The lowest BCUT2D eigenvalue weighted by Crippen LogP contribution is -2.42. The molecule has 0 saturated carbocycles. The molecule has 1 N–H and O–H groups in total. The van der Waals surface area contributed by atoms with E-state index in [0.29, 0.717) is 22.8 Å². The first-order valence-electron chi connectivity index (χ1n) is 12.1. The zero-order chi connectivity index (χ0) is 25.9. The fraction of sp³-hybridized carbons (Fsp3) is 0.500. The van der Waals surface area contributed by atoms with Crippen molar-refractivity contribution in [1.82, 2.24) is 15.1 Å². The lowest BCUT2D eigenvalue weighted by molar-refractivity contribution is -0.150. The number of nitrogens with one attached hydrogen (secondary N) is 1. The van der Waals surface area contributed by atoms with Gasteiger partial charge >= 0.3 is 5.97 Å². The van der Waals surface area contributed by atoms with Crippen LogP contribution in [0.15, 0.2) is 51.6 Å². The standard InChI is InChI=1S/C26H33ClN4O4S/c1-17-22(24(33)35-26(2,3)4)23(18-5-7-19(27)8-6-18)31-20(16-36-25(31)29-17)15-21(32)28-9-10-30-11-13-34-14-12-30/h5-8,16,23H,9-15H2,1-4H3,(H,28,32)/t23-/m0/s1. The number of amides is 1. The quantitative estimate of drug-likeness (QED) is 0.529. The molecule has 0 aromatic heterocycles. The minimum Gasteiger partial charge on any atom is -0.456 e. The number of rotatable bonds is 7. The van der Waals surface area contributed by atoms with Crippen LogP contribution >= 0.6 is 23.4 Å². The van der Waals surface area contributed by atoms with Gasteiger partial charge in [0.05, 0.1) is 36.9 Å². The number of aliphatic imine (C=N–C) groups is 1. The Morgan fingerprint density at radius 2 is 1.92 bits per heavy atom. The number of thioether (sulfide) groups is 1. The zero-order valence-electron chi connectivity index (χ0n) is 21.2. The van der Waals surface area contributed by atoms with Crippen molar-refractivity contribution >= 4 is 40.4 Å². The summed E-state index contributed by atoms with van der Waals surface area (Å²) in [5.41, 5.74) is 2.06. The Morgan fingerprint density at radius 1 is 1.22 bits per heavy atom.